The predicted molar refractivity (Wildman–Crippen MR) is 112 cm³/mol. The van der Waals surface area contributed by atoms with Crippen molar-refractivity contribution in [2.24, 2.45) is 10.7 Å². The zero-order valence-electron chi connectivity index (χ0n) is 14.9. The van der Waals surface area contributed by atoms with Crippen molar-refractivity contribution in [2.45, 2.75) is 31.4 Å². The molecular formula is C19H20N4O2S2. The van der Waals surface area contributed by atoms with E-state index in [4.69, 9.17) is 10.5 Å². The second kappa shape index (κ2) is 7.74. The Bertz CT molecular complexity index is 1070. The fraction of sp³-hybridized carbons (Fsp3) is 0.316. The highest BCUT2D eigenvalue weighted by Gasteiger charge is 2.19. The van der Waals surface area contributed by atoms with Crippen LogP contribution in [-0.4, -0.2) is 22.2 Å². The molecule has 0 radical (unpaired) electrons. The monoisotopic (exact) mass is 400 g/mol. The van der Waals surface area contributed by atoms with Crippen molar-refractivity contribution in [1.82, 2.24) is 9.97 Å². The second-order valence-corrected chi connectivity index (χ2v) is 8.42. The van der Waals surface area contributed by atoms with Gasteiger partial charge < -0.3 is 15.5 Å². The summed E-state index contributed by atoms with van der Waals surface area (Å²) in [6.45, 7) is 0. The molecule has 0 fully saturated rings. The van der Waals surface area contributed by atoms with Crippen LogP contribution in [0.2, 0.25) is 0 Å². The van der Waals surface area contributed by atoms with Crippen LogP contribution in [0, 0.1) is 0 Å². The van der Waals surface area contributed by atoms with E-state index < -0.39 is 0 Å². The Kier molecular flexibility index (Phi) is 5.18. The number of thiophene rings is 1. The SMILES string of the molecule is COc1cccc(N=C(N)SCc2nc3sc4c(c3c(=O)[nH]2)CCCC4)c1. The highest BCUT2D eigenvalue weighted by atomic mass is 32.2. The summed E-state index contributed by atoms with van der Waals surface area (Å²) < 4.78 is 5.19. The van der Waals surface area contributed by atoms with E-state index in [1.807, 2.05) is 24.3 Å². The minimum atomic E-state index is -0.0432. The van der Waals surface area contributed by atoms with Crippen molar-refractivity contribution in [3.63, 3.8) is 0 Å². The van der Waals surface area contributed by atoms with Crippen molar-refractivity contribution in [1.29, 1.82) is 0 Å². The number of aliphatic imine (C=N–C) groups is 1. The largest absolute Gasteiger partial charge is 0.497 e. The zero-order valence-corrected chi connectivity index (χ0v) is 16.6. The summed E-state index contributed by atoms with van der Waals surface area (Å²) in [6.07, 6.45) is 4.37. The number of nitrogens with two attached hydrogens (primary N) is 1. The smallest absolute Gasteiger partial charge is 0.259 e. The molecule has 1 aromatic carbocycles. The first kappa shape index (κ1) is 18.1. The van der Waals surface area contributed by atoms with Gasteiger partial charge >= 0.3 is 0 Å². The number of rotatable bonds is 4. The van der Waals surface area contributed by atoms with Gasteiger partial charge in [-0.1, -0.05) is 17.8 Å². The molecule has 1 aliphatic carbocycles. The normalized spacial score (nSPS) is 14.3. The number of nitrogens with zero attached hydrogens (tertiary/aromatic N) is 2. The minimum Gasteiger partial charge on any atom is -0.497 e. The van der Waals surface area contributed by atoms with E-state index in [9.17, 15) is 4.79 Å². The molecule has 0 bridgehead atoms. The van der Waals surface area contributed by atoms with E-state index in [0.29, 0.717) is 16.7 Å². The van der Waals surface area contributed by atoms with Crippen LogP contribution in [-0.2, 0) is 18.6 Å². The summed E-state index contributed by atoms with van der Waals surface area (Å²) in [4.78, 5) is 26.7. The van der Waals surface area contributed by atoms with E-state index in [1.165, 1.54) is 28.6 Å². The zero-order chi connectivity index (χ0) is 18.8. The molecule has 0 amide bonds. The number of hydrogen-bond donors (Lipinski definition) is 2. The van der Waals surface area contributed by atoms with Crippen LogP contribution < -0.4 is 16.0 Å². The quantitative estimate of drug-likeness (QED) is 0.514. The Balaban J connectivity index is 1.53. The molecule has 27 heavy (non-hydrogen) atoms. The standard InChI is InChI=1S/C19H20N4O2S2/c1-25-12-6-4-5-11(9-12)21-19(20)26-10-15-22-17(24)16-13-7-2-3-8-14(13)27-18(16)23-15/h4-6,9H,2-3,7-8,10H2,1H3,(H2,20,21)(H,22,23,24). The highest BCUT2D eigenvalue weighted by molar-refractivity contribution is 8.13. The maximum atomic E-state index is 12.6. The topological polar surface area (TPSA) is 93.4 Å². The van der Waals surface area contributed by atoms with Crippen molar-refractivity contribution in [3.05, 3.63) is 50.9 Å². The van der Waals surface area contributed by atoms with Gasteiger partial charge in [0.1, 0.15) is 16.4 Å². The lowest BCUT2D eigenvalue weighted by Crippen LogP contribution is -2.14. The van der Waals surface area contributed by atoms with Gasteiger partial charge in [0.05, 0.1) is 23.9 Å². The van der Waals surface area contributed by atoms with E-state index in [0.717, 1.165) is 40.9 Å². The number of ether oxygens (including phenoxy) is 1. The number of H-pyrrole nitrogens is 1. The highest BCUT2D eigenvalue weighted by Crippen LogP contribution is 2.33. The average molecular weight is 401 g/mol. The molecule has 2 heterocycles. The number of methoxy groups -OCH3 is 1. The summed E-state index contributed by atoms with van der Waals surface area (Å²) >= 11 is 3.00. The third-order valence-electron chi connectivity index (χ3n) is 4.52. The molecule has 140 valence electrons. The summed E-state index contributed by atoms with van der Waals surface area (Å²) in [6, 6.07) is 7.39. The Labute approximate surface area is 164 Å². The number of benzene rings is 1. The number of fused-ring (bicyclic) bond motifs is 3. The average Bonchev–Trinajstić information content (AvgIpc) is 3.05. The molecule has 8 heteroatoms. The third-order valence-corrected chi connectivity index (χ3v) is 6.51. The summed E-state index contributed by atoms with van der Waals surface area (Å²) in [5.74, 6) is 1.82. The van der Waals surface area contributed by atoms with E-state index in [2.05, 4.69) is 15.0 Å². The minimum absolute atomic E-state index is 0.0432. The number of aromatic nitrogens is 2. The lowest BCUT2D eigenvalue weighted by molar-refractivity contribution is 0.415. The molecule has 2 aromatic heterocycles. The summed E-state index contributed by atoms with van der Waals surface area (Å²) in [5, 5.41) is 1.19. The fourth-order valence-corrected chi connectivity index (χ4v) is 5.13. The molecular weight excluding hydrogens is 380 g/mol. The van der Waals surface area contributed by atoms with Crippen molar-refractivity contribution in [2.75, 3.05) is 7.11 Å². The van der Waals surface area contributed by atoms with Crippen LogP contribution in [0.5, 0.6) is 5.75 Å². The Hall–Kier alpha value is -2.32. The molecule has 0 atom stereocenters. The van der Waals surface area contributed by atoms with Crippen molar-refractivity contribution < 1.29 is 4.74 Å². The Morgan fingerprint density at radius 2 is 2.26 bits per heavy atom. The maximum Gasteiger partial charge on any atom is 0.259 e. The van der Waals surface area contributed by atoms with E-state index in [-0.39, 0.29) is 5.56 Å². The van der Waals surface area contributed by atoms with Crippen LogP contribution in [0.4, 0.5) is 5.69 Å². The van der Waals surface area contributed by atoms with Gasteiger partial charge in [0.15, 0.2) is 5.17 Å². The van der Waals surface area contributed by atoms with E-state index in [1.54, 1.807) is 18.4 Å². The summed E-state index contributed by atoms with van der Waals surface area (Å²) in [5.41, 5.74) is 7.91. The molecule has 0 saturated heterocycles. The van der Waals surface area contributed by atoms with Gasteiger partial charge in [-0.05, 0) is 43.4 Å². The van der Waals surface area contributed by atoms with Crippen LogP contribution in [0.1, 0.15) is 29.1 Å². The lowest BCUT2D eigenvalue weighted by Gasteiger charge is -2.09. The third kappa shape index (κ3) is 3.86. The van der Waals surface area contributed by atoms with Gasteiger partial charge in [-0.25, -0.2) is 9.98 Å². The van der Waals surface area contributed by atoms with Crippen LogP contribution >= 0.6 is 23.1 Å². The molecule has 3 N–H and O–H groups in total. The van der Waals surface area contributed by atoms with Crippen molar-refractivity contribution in [3.8, 4) is 5.75 Å². The van der Waals surface area contributed by atoms with Gasteiger partial charge in [0.2, 0.25) is 0 Å². The number of hydrogen-bond acceptors (Lipinski definition) is 6. The molecule has 3 aromatic rings. The maximum absolute atomic E-state index is 12.6. The second-order valence-electron chi connectivity index (χ2n) is 6.34. The number of nitrogens with one attached hydrogen (secondary N) is 1. The number of thioether (sulfide) groups is 1. The molecule has 0 spiro atoms. The van der Waals surface area contributed by atoms with Gasteiger partial charge in [-0.3, -0.25) is 4.79 Å². The Morgan fingerprint density at radius 1 is 1.41 bits per heavy atom. The van der Waals surface area contributed by atoms with Gasteiger partial charge in [-0.2, -0.15) is 0 Å². The van der Waals surface area contributed by atoms with Crippen LogP contribution in [0.3, 0.4) is 0 Å². The number of amidine groups is 1. The molecule has 6 nitrogen and oxygen atoms in total. The first-order valence-electron chi connectivity index (χ1n) is 8.78. The van der Waals surface area contributed by atoms with E-state index >= 15 is 0 Å². The number of aryl methyl sites for hydroxylation is 2. The number of aromatic amines is 1. The molecule has 0 aliphatic heterocycles. The van der Waals surface area contributed by atoms with Gasteiger partial charge in [-0.15, -0.1) is 11.3 Å². The summed E-state index contributed by atoms with van der Waals surface area (Å²) in [7, 11) is 1.61. The first-order valence-corrected chi connectivity index (χ1v) is 10.6. The van der Waals surface area contributed by atoms with Crippen LogP contribution in [0.15, 0.2) is 34.1 Å². The van der Waals surface area contributed by atoms with Crippen LogP contribution in [0.25, 0.3) is 10.2 Å². The molecule has 1 aliphatic rings. The molecule has 0 unspecified atom stereocenters. The fourth-order valence-electron chi connectivity index (χ4n) is 3.26. The Morgan fingerprint density at radius 3 is 3.11 bits per heavy atom. The molecule has 4 rings (SSSR count). The predicted octanol–water partition coefficient (Wildman–Crippen LogP) is 3.75. The molecule has 0 saturated carbocycles. The first-order chi connectivity index (χ1) is 13.1. The van der Waals surface area contributed by atoms with Crippen molar-refractivity contribution >= 4 is 44.2 Å². The van der Waals surface area contributed by atoms with Gasteiger partial charge in [0.25, 0.3) is 5.56 Å². The van der Waals surface area contributed by atoms with Gasteiger partial charge in [0, 0.05) is 10.9 Å². The lowest BCUT2D eigenvalue weighted by atomic mass is 9.97.